The molecule has 0 aliphatic rings. The summed E-state index contributed by atoms with van der Waals surface area (Å²) in [5, 5.41) is 10.9. The normalized spacial score (nSPS) is 11.5. The summed E-state index contributed by atoms with van der Waals surface area (Å²) in [4.78, 5) is 10.00. The van der Waals surface area contributed by atoms with Crippen LogP contribution in [0.4, 0.5) is 0 Å². The van der Waals surface area contributed by atoms with Crippen LogP contribution in [-0.2, 0) is 0 Å². The van der Waals surface area contributed by atoms with Gasteiger partial charge in [0.05, 0.1) is 22.3 Å². The highest BCUT2D eigenvalue weighted by Crippen LogP contribution is 2.40. The van der Waals surface area contributed by atoms with Gasteiger partial charge in [-0.15, -0.1) is 0 Å². The van der Waals surface area contributed by atoms with Gasteiger partial charge in [0, 0.05) is 23.0 Å². The second-order valence-corrected chi connectivity index (χ2v) is 12.5. The Hall–Kier alpha value is -5.48. The standard InChI is InChI=1S/C42H37N3O/c1-27(2)29-21-30(28(3)4)23-31(22-29)32-24-33(26-34(25-32)38-17-10-11-20-43-38)36-16-12-18-39-41(36)44-42(37-15-8-9-19-40(37)46)45(39)35-13-6-5-7-14-35/h5-28,46H,1-4H3. The van der Waals surface area contributed by atoms with Crippen molar-refractivity contribution in [2.45, 2.75) is 39.5 Å². The minimum absolute atomic E-state index is 0.196. The number of hydrogen-bond acceptors (Lipinski definition) is 3. The molecule has 7 aromatic rings. The molecule has 0 radical (unpaired) electrons. The number of hydrogen-bond donors (Lipinski definition) is 1. The Labute approximate surface area is 270 Å². The number of fused-ring (bicyclic) bond motifs is 1. The molecule has 0 amide bonds. The van der Waals surface area contributed by atoms with Crippen LogP contribution in [0.5, 0.6) is 5.75 Å². The van der Waals surface area contributed by atoms with Gasteiger partial charge in [0.1, 0.15) is 11.6 Å². The quantitative estimate of drug-likeness (QED) is 0.198. The molecule has 1 N–H and O–H groups in total. The number of aromatic nitrogens is 3. The van der Waals surface area contributed by atoms with Crippen LogP contribution in [0.2, 0.25) is 0 Å². The van der Waals surface area contributed by atoms with E-state index in [-0.39, 0.29) is 5.75 Å². The third-order valence-corrected chi connectivity index (χ3v) is 8.69. The lowest BCUT2D eigenvalue weighted by atomic mass is 9.89. The molecule has 2 heterocycles. The average Bonchev–Trinajstić information content (AvgIpc) is 3.48. The maximum absolute atomic E-state index is 10.9. The Balaban J connectivity index is 1.51. The van der Waals surface area contributed by atoms with Crippen LogP contribution in [0.15, 0.2) is 134 Å². The van der Waals surface area contributed by atoms with E-state index in [0.717, 1.165) is 44.7 Å². The topological polar surface area (TPSA) is 50.9 Å². The van der Waals surface area contributed by atoms with Crippen molar-refractivity contribution in [2.75, 3.05) is 0 Å². The van der Waals surface area contributed by atoms with Gasteiger partial charge >= 0.3 is 0 Å². The summed E-state index contributed by atoms with van der Waals surface area (Å²) >= 11 is 0. The van der Waals surface area contributed by atoms with E-state index < -0.39 is 0 Å². The van der Waals surface area contributed by atoms with Gasteiger partial charge in [0.25, 0.3) is 0 Å². The number of phenols is 1. The van der Waals surface area contributed by atoms with E-state index in [2.05, 4.69) is 105 Å². The highest BCUT2D eigenvalue weighted by Gasteiger charge is 2.20. The zero-order valence-corrected chi connectivity index (χ0v) is 26.6. The average molecular weight is 600 g/mol. The van der Waals surface area contributed by atoms with E-state index in [0.29, 0.717) is 23.2 Å². The molecule has 0 spiro atoms. The monoisotopic (exact) mass is 599 g/mol. The number of rotatable bonds is 7. The fourth-order valence-corrected chi connectivity index (χ4v) is 6.16. The lowest BCUT2D eigenvalue weighted by Crippen LogP contribution is -1.97. The summed E-state index contributed by atoms with van der Waals surface area (Å²) in [5.74, 6) is 1.72. The molecule has 4 heteroatoms. The Morgan fingerprint density at radius 3 is 1.89 bits per heavy atom. The maximum atomic E-state index is 10.9. The summed E-state index contributed by atoms with van der Waals surface area (Å²) in [7, 11) is 0. The first-order valence-corrected chi connectivity index (χ1v) is 15.9. The van der Waals surface area contributed by atoms with Crippen LogP contribution in [0, 0.1) is 0 Å². The molecule has 5 aromatic carbocycles. The molecule has 0 saturated heterocycles. The molecule has 0 aliphatic carbocycles. The zero-order valence-electron chi connectivity index (χ0n) is 26.6. The fraction of sp³-hybridized carbons (Fsp3) is 0.143. The molecule has 0 saturated carbocycles. The molecule has 7 rings (SSSR count). The molecular formula is C42H37N3O. The molecular weight excluding hydrogens is 562 g/mol. The Morgan fingerprint density at radius 2 is 1.20 bits per heavy atom. The van der Waals surface area contributed by atoms with E-state index >= 15 is 0 Å². The van der Waals surface area contributed by atoms with Crippen LogP contribution in [-0.4, -0.2) is 19.6 Å². The summed E-state index contributed by atoms with van der Waals surface area (Å²) in [6.45, 7) is 9.02. The predicted molar refractivity (Wildman–Crippen MR) is 190 cm³/mol. The van der Waals surface area contributed by atoms with E-state index in [1.54, 1.807) is 6.07 Å². The number of phenolic OH excluding ortho intramolecular Hbond substituents is 1. The van der Waals surface area contributed by atoms with Gasteiger partial charge in [-0.1, -0.05) is 94.4 Å². The molecule has 0 bridgehead atoms. The Morgan fingerprint density at radius 1 is 0.565 bits per heavy atom. The van der Waals surface area contributed by atoms with Crippen LogP contribution < -0.4 is 0 Å². The van der Waals surface area contributed by atoms with E-state index in [4.69, 9.17) is 9.97 Å². The highest BCUT2D eigenvalue weighted by atomic mass is 16.3. The first-order valence-electron chi connectivity index (χ1n) is 15.9. The molecule has 2 aromatic heterocycles. The molecule has 0 unspecified atom stereocenters. The predicted octanol–water partition coefficient (Wildman–Crippen LogP) is 11.0. The summed E-state index contributed by atoms with van der Waals surface area (Å²) in [5.41, 5.74) is 12.6. The van der Waals surface area contributed by atoms with Crippen molar-refractivity contribution in [1.29, 1.82) is 0 Å². The van der Waals surface area contributed by atoms with Gasteiger partial charge in [0.2, 0.25) is 0 Å². The third-order valence-electron chi connectivity index (χ3n) is 8.69. The smallest absolute Gasteiger partial charge is 0.149 e. The molecule has 4 nitrogen and oxygen atoms in total. The molecule has 0 aliphatic heterocycles. The van der Waals surface area contributed by atoms with Crippen molar-refractivity contribution in [3.8, 4) is 56.3 Å². The number of nitrogens with zero attached hydrogens (tertiary/aromatic N) is 3. The molecule has 46 heavy (non-hydrogen) atoms. The van der Waals surface area contributed by atoms with Crippen LogP contribution in [0.3, 0.4) is 0 Å². The van der Waals surface area contributed by atoms with Gasteiger partial charge in [-0.05, 0) is 100 Å². The Bertz CT molecular complexity index is 2140. The number of aromatic hydroxyl groups is 1. The zero-order chi connectivity index (χ0) is 31.8. The van der Waals surface area contributed by atoms with Gasteiger partial charge in [0.15, 0.2) is 0 Å². The summed E-state index contributed by atoms with van der Waals surface area (Å²) in [6.07, 6.45) is 1.85. The first-order chi connectivity index (χ1) is 22.4. The van der Waals surface area contributed by atoms with Crippen molar-refractivity contribution < 1.29 is 5.11 Å². The number of pyridine rings is 1. The van der Waals surface area contributed by atoms with Gasteiger partial charge in [-0.3, -0.25) is 9.55 Å². The second-order valence-electron chi connectivity index (χ2n) is 12.5. The highest BCUT2D eigenvalue weighted by molar-refractivity contribution is 5.97. The van der Waals surface area contributed by atoms with Crippen molar-refractivity contribution in [3.05, 3.63) is 145 Å². The van der Waals surface area contributed by atoms with Gasteiger partial charge < -0.3 is 5.11 Å². The minimum atomic E-state index is 0.196. The Kier molecular flexibility index (Phi) is 7.71. The number of benzene rings is 5. The van der Waals surface area contributed by atoms with Crippen molar-refractivity contribution >= 4 is 11.0 Å². The lowest BCUT2D eigenvalue weighted by Gasteiger charge is -2.16. The SMILES string of the molecule is CC(C)c1cc(-c2cc(-c3ccccn3)cc(-c3cccc4c3nc(-c3ccccc3O)n4-c3ccccc3)c2)cc(C(C)C)c1. The lowest BCUT2D eigenvalue weighted by molar-refractivity contribution is 0.477. The number of imidazole rings is 1. The van der Waals surface area contributed by atoms with E-state index in [1.807, 2.05) is 54.7 Å². The van der Waals surface area contributed by atoms with E-state index in [1.165, 1.54) is 16.7 Å². The van der Waals surface area contributed by atoms with Crippen LogP contribution >= 0.6 is 0 Å². The summed E-state index contributed by atoms with van der Waals surface area (Å²) < 4.78 is 2.14. The molecule has 226 valence electrons. The van der Waals surface area contributed by atoms with Crippen molar-refractivity contribution in [1.82, 2.24) is 14.5 Å². The second kappa shape index (κ2) is 12.1. The van der Waals surface area contributed by atoms with Gasteiger partial charge in [-0.25, -0.2) is 4.98 Å². The van der Waals surface area contributed by atoms with E-state index in [9.17, 15) is 5.11 Å². The summed E-state index contributed by atoms with van der Waals surface area (Å²) in [6, 6.07) is 43.8. The van der Waals surface area contributed by atoms with Crippen molar-refractivity contribution in [2.24, 2.45) is 0 Å². The van der Waals surface area contributed by atoms with Crippen molar-refractivity contribution in [3.63, 3.8) is 0 Å². The molecule has 0 atom stereocenters. The molecule has 0 fully saturated rings. The number of para-hydroxylation sites is 3. The van der Waals surface area contributed by atoms with Crippen LogP contribution in [0.1, 0.15) is 50.7 Å². The largest absolute Gasteiger partial charge is 0.507 e. The van der Waals surface area contributed by atoms with Crippen LogP contribution in [0.25, 0.3) is 61.6 Å². The third kappa shape index (κ3) is 5.48. The first kappa shape index (κ1) is 29.2. The maximum Gasteiger partial charge on any atom is 0.149 e. The minimum Gasteiger partial charge on any atom is -0.507 e. The van der Waals surface area contributed by atoms with Gasteiger partial charge in [-0.2, -0.15) is 0 Å². The fourth-order valence-electron chi connectivity index (χ4n) is 6.16.